The van der Waals surface area contributed by atoms with Gasteiger partial charge in [0, 0.05) is 12.8 Å². The second-order valence-electron chi connectivity index (χ2n) is 15.0. The molecule has 0 aliphatic rings. The Morgan fingerprint density at radius 2 is 1.08 bits per heavy atom. The Bertz CT molecular complexity index is 1050. The van der Waals surface area contributed by atoms with E-state index in [1.807, 2.05) is 21.1 Å². The Morgan fingerprint density at radius 3 is 1.62 bits per heavy atom. The van der Waals surface area contributed by atoms with Gasteiger partial charge in [0.25, 0.3) is 7.82 Å². The first-order valence-electron chi connectivity index (χ1n) is 20.8. The Morgan fingerprint density at radius 1 is 0.604 bits per heavy atom. The van der Waals surface area contributed by atoms with Crippen molar-refractivity contribution < 1.29 is 42.1 Å². The second-order valence-corrected chi connectivity index (χ2v) is 16.4. The summed E-state index contributed by atoms with van der Waals surface area (Å²) in [5.41, 5.74) is 0. The summed E-state index contributed by atoms with van der Waals surface area (Å²) in [4.78, 5) is 37.4. The number of allylic oxidation sites excluding steroid dienone is 8. The van der Waals surface area contributed by atoms with Crippen LogP contribution in [0.15, 0.2) is 48.6 Å². The number of carbonyl (C=O) groups is 2. The Kier molecular flexibility index (Phi) is 34.3. The SMILES string of the molecule is CC/C=C\C/C=C\C/C=C\CCCCCCCCCC(=O)OC(COC(=O)CCCCCCC/C=C\CCCCC)COP(=O)([O-])OCC[N+](C)(C)C. The highest BCUT2D eigenvalue weighted by molar-refractivity contribution is 7.45. The summed E-state index contributed by atoms with van der Waals surface area (Å²) in [7, 11) is 1.15. The molecule has 0 aromatic heterocycles. The fourth-order valence-electron chi connectivity index (χ4n) is 5.31. The first-order valence-corrected chi connectivity index (χ1v) is 22.3. The van der Waals surface area contributed by atoms with Gasteiger partial charge in [-0.25, -0.2) is 0 Å². The predicted molar refractivity (Wildman–Crippen MR) is 217 cm³/mol. The number of likely N-dealkylation sites (N-methyl/N-ethyl adjacent to an activating group) is 1. The number of hydrogen-bond acceptors (Lipinski definition) is 8. The molecule has 10 heteroatoms. The quantitative estimate of drug-likeness (QED) is 0.0202. The molecule has 9 nitrogen and oxygen atoms in total. The zero-order chi connectivity index (χ0) is 39.3. The van der Waals surface area contributed by atoms with E-state index in [0.717, 1.165) is 83.5 Å². The molecular weight excluding hydrogens is 689 g/mol. The molecule has 0 heterocycles. The lowest BCUT2D eigenvalue weighted by Crippen LogP contribution is -2.37. The van der Waals surface area contributed by atoms with E-state index < -0.39 is 32.5 Å². The molecule has 2 atom stereocenters. The highest BCUT2D eigenvalue weighted by Crippen LogP contribution is 2.38. The first kappa shape index (κ1) is 51.0. The largest absolute Gasteiger partial charge is 0.756 e. The Balaban J connectivity index is 4.41. The van der Waals surface area contributed by atoms with Crippen LogP contribution in [0.1, 0.15) is 162 Å². The summed E-state index contributed by atoms with van der Waals surface area (Å²) in [6.45, 7) is 4.05. The molecule has 0 amide bonds. The lowest BCUT2D eigenvalue weighted by atomic mass is 10.1. The van der Waals surface area contributed by atoms with Gasteiger partial charge in [-0.05, 0) is 70.6 Å². The second kappa shape index (κ2) is 35.7. The summed E-state index contributed by atoms with van der Waals surface area (Å²) in [6.07, 6.45) is 39.9. The van der Waals surface area contributed by atoms with E-state index in [2.05, 4.69) is 62.5 Å². The minimum Gasteiger partial charge on any atom is -0.756 e. The van der Waals surface area contributed by atoms with E-state index in [4.69, 9.17) is 18.5 Å². The average molecular weight is 768 g/mol. The fraction of sp³-hybridized carbons (Fsp3) is 0.767. The Hall–Kier alpha value is -2.03. The number of esters is 2. The Labute approximate surface area is 324 Å². The van der Waals surface area contributed by atoms with Crippen molar-refractivity contribution in [3.05, 3.63) is 48.6 Å². The zero-order valence-electron chi connectivity index (χ0n) is 34.4. The van der Waals surface area contributed by atoms with Gasteiger partial charge in [-0.3, -0.25) is 14.2 Å². The third-order valence-electron chi connectivity index (χ3n) is 8.58. The first-order chi connectivity index (χ1) is 25.5. The number of phosphoric acid groups is 1. The minimum absolute atomic E-state index is 0.0358. The van der Waals surface area contributed by atoms with Crippen LogP contribution < -0.4 is 4.89 Å². The molecule has 0 rings (SSSR count). The maximum Gasteiger partial charge on any atom is 0.306 e. The number of nitrogens with zero attached hydrogens (tertiary/aromatic N) is 1. The molecule has 0 aromatic carbocycles. The van der Waals surface area contributed by atoms with Crippen molar-refractivity contribution in [3.63, 3.8) is 0 Å². The van der Waals surface area contributed by atoms with Crippen molar-refractivity contribution in [2.45, 2.75) is 168 Å². The molecule has 0 saturated carbocycles. The van der Waals surface area contributed by atoms with Gasteiger partial charge in [0.05, 0.1) is 27.7 Å². The molecule has 0 N–H and O–H groups in total. The lowest BCUT2D eigenvalue weighted by molar-refractivity contribution is -0.870. The van der Waals surface area contributed by atoms with Crippen LogP contribution in [-0.2, 0) is 32.7 Å². The van der Waals surface area contributed by atoms with Crippen molar-refractivity contribution in [3.8, 4) is 0 Å². The molecule has 0 bridgehead atoms. The van der Waals surface area contributed by atoms with Gasteiger partial charge >= 0.3 is 11.9 Å². The molecular formula is C43H78NO8P. The molecule has 0 aliphatic heterocycles. The van der Waals surface area contributed by atoms with E-state index >= 15 is 0 Å². The number of rotatable bonds is 37. The van der Waals surface area contributed by atoms with Gasteiger partial charge in [0.1, 0.15) is 19.8 Å². The summed E-state index contributed by atoms with van der Waals surface area (Å²) in [5, 5.41) is 0. The monoisotopic (exact) mass is 768 g/mol. The standard InChI is InChI=1S/C43H78NO8P/c1-6-8-10-12-14-16-18-20-21-22-23-24-26-28-30-32-34-36-43(46)52-41(40-51-53(47,48)50-38-37-44(3,4)5)39-49-42(45)35-33-31-29-27-25-19-17-15-13-11-9-7-2/h8,10,14-17,20-21,41H,6-7,9,11-13,18-19,22-40H2,1-5H3/b10-8-,16-14-,17-15-,21-20-. The number of unbranched alkanes of at least 4 members (excludes halogenated alkanes) is 15. The number of hydrogen-bond donors (Lipinski definition) is 0. The molecule has 0 radical (unpaired) electrons. The molecule has 308 valence electrons. The normalized spacial score (nSPS) is 14.2. The van der Waals surface area contributed by atoms with Crippen molar-refractivity contribution in [1.29, 1.82) is 0 Å². The number of carbonyl (C=O) groups excluding carboxylic acids is 2. The van der Waals surface area contributed by atoms with Crippen LogP contribution in [0.4, 0.5) is 0 Å². The topological polar surface area (TPSA) is 111 Å². The number of quaternary nitrogens is 1. The lowest BCUT2D eigenvalue weighted by Gasteiger charge is -2.28. The zero-order valence-corrected chi connectivity index (χ0v) is 35.3. The van der Waals surface area contributed by atoms with Gasteiger partial charge in [-0.1, -0.05) is 127 Å². The van der Waals surface area contributed by atoms with Crippen LogP contribution in [0.2, 0.25) is 0 Å². The van der Waals surface area contributed by atoms with E-state index in [1.54, 1.807) is 0 Å². The maximum atomic E-state index is 12.6. The average Bonchev–Trinajstić information content (AvgIpc) is 3.10. The molecule has 0 aromatic rings. The summed E-state index contributed by atoms with van der Waals surface area (Å²) >= 11 is 0. The minimum atomic E-state index is -4.63. The highest BCUT2D eigenvalue weighted by Gasteiger charge is 2.21. The van der Waals surface area contributed by atoms with Crippen LogP contribution in [0.25, 0.3) is 0 Å². The van der Waals surface area contributed by atoms with Crippen LogP contribution >= 0.6 is 7.82 Å². The molecule has 2 unspecified atom stereocenters. The van der Waals surface area contributed by atoms with Crippen molar-refractivity contribution in [1.82, 2.24) is 0 Å². The molecule has 0 fully saturated rings. The molecule has 53 heavy (non-hydrogen) atoms. The van der Waals surface area contributed by atoms with Gasteiger partial charge in [-0.15, -0.1) is 0 Å². The number of ether oxygens (including phenoxy) is 2. The molecule has 0 aliphatic carbocycles. The van der Waals surface area contributed by atoms with Crippen LogP contribution in [0, 0.1) is 0 Å². The smallest absolute Gasteiger partial charge is 0.306 e. The van der Waals surface area contributed by atoms with Gasteiger partial charge in [-0.2, -0.15) is 0 Å². The fourth-order valence-corrected chi connectivity index (χ4v) is 6.04. The third-order valence-corrected chi connectivity index (χ3v) is 9.55. The van der Waals surface area contributed by atoms with Crippen LogP contribution in [0.5, 0.6) is 0 Å². The molecule has 0 saturated heterocycles. The maximum absolute atomic E-state index is 12.6. The van der Waals surface area contributed by atoms with Crippen molar-refractivity contribution >= 4 is 19.8 Å². The summed E-state index contributed by atoms with van der Waals surface area (Å²) in [5.74, 6) is -0.860. The number of phosphoric ester groups is 1. The van der Waals surface area contributed by atoms with Gasteiger partial charge in [0.2, 0.25) is 0 Å². The van der Waals surface area contributed by atoms with E-state index in [0.29, 0.717) is 17.4 Å². The molecule has 0 spiro atoms. The van der Waals surface area contributed by atoms with Crippen molar-refractivity contribution in [2.75, 3.05) is 47.5 Å². The highest BCUT2D eigenvalue weighted by atomic mass is 31.2. The predicted octanol–water partition coefficient (Wildman–Crippen LogP) is 10.9. The summed E-state index contributed by atoms with van der Waals surface area (Å²) < 4.78 is 33.8. The summed E-state index contributed by atoms with van der Waals surface area (Å²) in [6, 6.07) is 0. The third kappa shape index (κ3) is 39.5. The van der Waals surface area contributed by atoms with E-state index in [-0.39, 0.29) is 26.1 Å². The van der Waals surface area contributed by atoms with Gasteiger partial charge < -0.3 is 27.9 Å². The van der Waals surface area contributed by atoms with Crippen LogP contribution in [0.3, 0.4) is 0 Å². The van der Waals surface area contributed by atoms with E-state index in [1.165, 1.54) is 44.9 Å². The van der Waals surface area contributed by atoms with Crippen LogP contribution in [-0.4, -0.2) is 70.0 Å². The van der Waals surface area contributed by atoms with E-state index in [9.17, 15) is 19.0 Å². The van der Waals surface area contributed by atoms with Gasteiger partial charge in [0.15, 0.2) is 6.10 Å². The van der Waals surface area contributed by atoms with Crippen molar-refractivity contribution in [2.24, 2.45) is 0 Å².